The minimum absolute atomic E-state index is 0.221. The van der Waals surface area contributed by atoms with Gasteiger partial charge < -0.3 is 10.4 Å². The molecule has 9 heteroatoms. The van der Waals surface area contributed by atoms with E-state index in [0.29, 0.717) is 17.3 Å². The van der Waals surface area contributed by atoms with E-state index >= 15 is 0 Å². The van der Waals surface area contributed by atoms with Crippen molar-refractivity contribution >= 4 is 34.3 Å². The molecular weight excluding hydrogens is 358 g/mol. The van der Waals surface area contributed by atoms with Gasteiger partial charge in [-0.15, -0.1) is 10.2 Å². The van der Waals surface area contributed by atoms with Gasteiger partial charge >= 0.3 is 5.97 Å². The first-order valence-electron chi connectivity index (χ1n) is 8.45. The number of pyridine rings is 1. The second-order valence-corrected chi connectivity index (χ2v) is 6.12. The molecule has 3 aromatic heterocycles. The third-order valence-corrected chi connectivity index (χ3v) is 4.31. The number of aromatic nitrogens is 6. The van der Waals surface area contributed by atoms with Crippen molar-refractivity contribution in [3.63, 3.8) is 0 Å². The second-order valence-electron chi connectivity index (χ2n) is 6.12. The summed E-state index contributed by atoms with van der Waals surface area (Å²) in [6, 6.07) is 17.9. The molecule has 9 nitrogen and oxygen atoms in total. The predicted octanol–water partition coefficient (Wildman–Crippen LogP) is 2.91. The summed E-state index contributed by atoms with van der Waals surface area (Å²) in [5.41, 5.74) is 4.11. The van der Waals surface area contributed by atoms with E-state index in [4.69, 9.17) is 5.11 Å². The number of aromatic carboxylic acids is 1. The molecule has 0 spiro atoms. The Balaban J connectivity index is 1.47. The van der Waals surface area contributed by atoms with Gasteiger partial charge in [-0.25, -0.2) is 14.0 Å². The second kappa shape index (κ2) is 6.16. The highest BCUT2D eigenvalue weighted by molar-refractivity contribution is 5.88. The van der Waals surface area contributed by atoms with Gasteiger partial charge in [0.2, 0.25) is 5.95 Å². The Kier molecular flexibility index (Phi) is 3.51. The first kappa shape index (κ1) is 15.9. The van der Waals surface area contributed by atoms with Crippen molar-refractivity contribution in [1.29, 1.82) is 0 Å². The number of hydrogen-bond donors (Lipinski definition) is 2. The standard InChI is InChI=1S/C19H13N7O2/c27-18(28)12-5-7-13(8-6-12)20-19-21-17-11-14(9-10-25(17)23-19)26-16-4-2-1-3-15(16)22-24-26/h1-11H,(H,20,23)(H,27,28). The molecule has 0 bridgehead atoms. The summed E-state index contributed by atoms with van der Waals surface area (Å²) >= 11 is 0. The first-order valence-corrected chi connectivity index (χ1v) is 8.45. The molecule has 0 aliphatic heterocycles. The van der Waals surface area contributed by atoms with Gasteiger partial charge in [-0.2, -0.15) is 4.98 Å². The fourth-order valence-electron chi connectivity index (χ4n) is 2.94. The van der Waals surface area contributed by atoms with Gasteiger partial charge in [0, 0.05) is 18.0 Å². The van der Waals surface area contributed by atoms with Crippen LogP contribution in [0.15, 0.2) is 66.9 Å². The van der Waals surface area contributed by atoms with Gasteiger partial charge in [-0.05, 0) is 42.5 Å². The molecule has 0 saturated carbocycles. The molecule has 2 N–H and O–H groups in total. The van der Waals surface area contributed by atoms with Crippen molar-refractivity contribution in [3.8, 4) is 5.69 Å². The van der Waals surface area contributed by atoms with Crippen LogP contribution in [0.3, 0.4) is 0 Å². The first-order chi connectivity index (χ1) is 13.7. The monoisotopic (exact) mass is 371 g/mol. The smallest absolute Gasteiger partial charge is 0.335 e. The van der Waals surface area contributed by atoms with Crippen LogP contribution in [-0.4, -0.2) is 40.7 Å². The number of rotatable bonds is 4. The van der Waals surface area contributed by atoms with Gasteiger partial charge in [0.15, 0.2) is 5.65 Å². The fraction of sp³-hybridized carbons (Fsp3) is 0. The minimum Gasteiger partial charge on any atom is -0.478 e. The Morgan fingerprint density at radius 3 is 2.68 bits per heavy atom. The molecule has 28 heavy (non-hydrogen) atoms. The normalized spacial score (nSPS) is 11.1. The zero-order chi connectivity index (χ0) is 19.1. The highest BCUT2D eigenvalue weighted by Crippen LogP contribution is 2.19. The number of carboxylic acids is 1. The summed E-state index contributed by atoms with van der Waals surface area (Å²) in [6.45, 7) is 0. The van der Waals surface area contributed by atoms with E-state index in [-0.39, 0.29) is 5.56 Å². The van der Waals surface area contributed by atoms with Gasteiger partial charge in [0.05, 0.1) is 16.8 Å². The minimum atomic E-state index is -0.967. The molecule has 0 aliphatic carbocycles. The number of carbonyl (C=O) groups is 1. The van der Waals surface area contributed by atoms with Crippen LogP contribution in [-0.2, 0) is 0 Å². The molecule has 2 aromatic carbocycles. The molecule has 5 rings (SSSR count). The summed E-state index contributed by atoms with van der Waals surface area (Å²) in [5.74, 6) is -0.561. The molecule has 3 heterocycles. The van der Waals surface area contributed by atoms with Crippen molar-refractivity contribution < 1.29 is 9.90 Å². The maximum atomic E-state index is 10.9. The summed E-state index contributed by atoms with van der Waals surface area (Å²) in [7, 11) is 0. The maximum Gasteiger partial charge on any atom is 0.335 e. The average Bonchev–Trinajstić information content (AvgIpc) is 3.31. The van der Waals surface area contributed by atoms with Crippen LogP contribution in [0.4, 0.5) is 11.6 Å². The van der Waals surface area contributed by atoms with Crippen LogP contribution in [0.5, 0.6) is 0 Å². The van der Waals surface area contributed by atoms with Gasteiger partial charge in [-0.1, -0.05) is 17.3 Å². The zero-order valence-electron chi connectivity index (χ0n) is 14.4. The quantitative estimate of drug-likeness (QED) is 0.500. The van der Waals surface area contributed by atoms with E-state index in [0.717, 1.165) is 16.7 Å². The van der Waals surface area contributed by atoms with Crippen LogP contribution in [0, 0.1) is 0 Å². The maximum absolute atomic E-state index is 10.9. The Morgan fingerprint density at radius 2 is 1.86 bits per heavy atom. The predicted molar refractivity (Wildman–Crippen MR) is 102 cm³/mol. The Morgan fingerprint density at radius 1 is 1.04 bits per heavy atom. The lowest BCUT2D eigenvalue weighted by Gasteiger charge is -2.01. The zero-order valence-corrected chi connectivity index (χ0v) is 14.4. The van der Waals surface area contributed by atoms with Crippen LogP contribution < -0.4 is 5.32 Å². The third-order valence-electron chi connectivity index (χ3n) is 4.31. The SMILES string of the molecule is O=C(O)c1ccc(Nc2nc3cc(-n4nnc5ccccc54)ccn3n2)cc1. The number of para-hydroxylation sites is 1. The Labute approximate surface area is 157 Å². The number of nitrogens with zero attached hydrogens (tertiary/aromatic N) is 6. The van der Waals surface area contributed by atoms with Crippen molar-refractivity contribution in [2.24, 2.45) is 0 Å². The van der Waals surface area contributed by atoms with Gasteiger partial charge in [0.1, 0.15) is 5.52 Å². The Hall–Kier alpha value is -4.27. The summed E-state index contributed by atoms with van der Waals surface area (Å²) < 4.78 is 3.40. The molecule has 0 amide bonds. The van der Waals surface area contributed by atoms with Crippen molar-refractivity contribution in [2.45, 2.75) is 0 Å². The summed E-state index contributed by atoms with van der Waals surface area (Å²) in [6.07, 6.45) is 1.80. The summed E-state index contributed by atoms with van der Waals surface area (Å²) in [4.78, 5) is 15.4. The highest BCUT2D eigenvalue weighted by atomic mass is 16.4. The Bertz CT molecular complexity index is 1320. The van der Waals surface area contributed by atoms with Crippen LogP contribution in [0.25, 0.3) is 22.4 Å². The van der Waals surface area contributed by atoms with Crippen molar-refractivity contribution in [2.75, 3.05) is 5.32 Å². The van der Waals surface area contributed by atoms with Crippen LogP contribution in [0.2, 0.25) is 0 Å². The van der Waals surface area contributed by atoms with E-state index in [2.05, 4.69) is 25.7 Å². The van der Waals surface area contributed by atoms with Crippen LogP contribution >= 0.6 is 0 Å². The number of fused-ring (bicyclic) bond motifs is 2. The topological polar surface area (TPSA) is 110 Å². The van der Waals surface area contributed by atoms with Crippen LogP contribution in [0.1, 0.15) is 10.4 Å². The highest BCUT2D eigenvalue weighted by Gasteiger charge is 2.10. The van der Waals surface area contributed by atoms with E-state index < -0.39 is 5.97 Å². The lowest BCUT2D eigenvalue weighted by Crippen LogP contribution is -1.98. The summed E-state index contributed by atoms with van der Waals surface area (Å²) in [5, 5.41) is 24.8. The lowest BCUT2D eigenvalue weighted by atomic mass is 10.2. The molecular formula is C19H13N7O2. The van der Waals surface area contributed by atoms with E-state index in [1.165, 1.54) is 12.1 Å². The molecule has 0 fully saturated rings. The van der Waals surface area contributed by atoms with Crippen molar-refractivity contribution in [3.05, 3.63) is 72.4 Å². The average molecular weight is 371 g/mol. The van der Waals surface area contributed by atoms with Gasteiger partial charge in [0.25, 0.3) is 0 Å². The largest absolute Gasteiger partial charge is 0.478 e. The number of benzene rings is 2. The van der Waals surface area contributed by atoms with E-state index in [1.54, 1.807) is 27.5 Å². The van der Waals surface area contributed by atoms with E-state index in [9.17, 15) is 4.79 Å². The molecule has 136 valence electrons. The number of hydrogen-bond acceptors (Lipinski definition) is 6. The lowest BCUT2D eigenvalue weighted by molar-refractivity contribution is 0.0697. The fourth-order valence-corrected chi connectivity index (χ4v) is 2.94. The third kappa shape index (κ3) is 2.71. The molecule has 0 saturated heterocycles. The number of anilines is 2. The van der Waals surface area contributed by atoms with Crippen molar-refractivity contribution in [1.82, 2.24) is 29.6 Å². The molecule has 0 radical (unpaired) electrons. The molecule has 0 atom stereocenters. The molecule has 0 aliphatic rings. The molecule has 0 unspecified atom stereocenters. The number of carboxylic acid groups (broad SMARTS) is 1. The van der Waals surface area contributed by atoms with Gasteiger partial charge in [-0.3, -0.25) is 0 Å². The van der Waals surface area contributed by atoms with E-state index in [1.807, 2.05) is 36.4 Å². The molecule has 5 aromatic rings. The number of nitrogens with one attached hydrogen (secondary N) is 1.